The number of aryl methyl sites for hydroxylation is 1. The molecule has 0 atom stereocenters. The van der Waals surface area contributed by atoms with Crippen LogP contribution < -0.4 is 0 Å². The summed E-state index contributed by atoms with van der Waals surface area (Å²) in [5, 5.41) is 8.32. The Balaban J connectivity index is 1.84. The van der Waals surface area contributed by atoms with E-state index in [2.05, 4.69) is 50.0 Å². The lowest BCUT2D eigenvalue weighted by atomic mass is 10.2. The fourth-order valence-electron chi connectivity index (χ4n) is 3.03. The van der Waals surface area contributed by atoms with Gasteiger partial charge in [0.1, 0.15) is 18.3 Å². The Morgan fingerprint density at radius 1 is 1.17 bits per heavy atom. The van der Waals surface area contributed by atoms with Gasteiger partial charge in [-0.15, -0.1) is 5.10 Å². The highest BCUT2D eigenvalue weighted by atomic mass is 16.3. The molecule has 0 saturated carbocycles. The number of hydrogen-bond acceptors (Lipinski definition) is 5. The van der Waals surface area contributed by atoms with Gasteiger partial charge in [-0.3, -0.25) is 4.57 Å². The van der Waals surface area contributed by atoms with E-state index in [4.69, 9.17) is 4.42 Å². The Labute approximate surface area is 131 Å². The van der Waals surface area contributed by atoms with Crippen molar-refractivity contribution in [1.82, 2.24) is 29.5 Å². The number of aromatic nitrogens is 6. The van der Waals surface area contributed by atoms with Gasteiger partial charge < -0.3 is 4.42 Å². The molecule has 7 nitrogen and oxygen atoms in total. The summed E-state index contributed by atoms with van der Waals surface area (Å²) in [5.74, 6) is 0.522. The van der Waals surface area contributed by atoms with Crippen LogP contribution in [0.25, 0.3) is 23.0 Å². The number of hydrogen-bond donors (Lipinski definition) is 0. The summed E-state index contributed by atoms with van der Waals surface area (Å²) in [4.78, 5) is 8.75. The summed E-state index contributed by atoms with van der Waals surface area (Å²) in [7, 11) is 0. The van der Waals surface area contributed by atoms with Crippen LogP contribution in [-0.2, 0) is 6.42 Å². The van der Waals surface area contributed by atoms with Gasteiger partial charge in [0.05, 0.1) is 35.2 Å². The highest BCUT2D eigenvalue weighted by molar-refractivity contribution is 5.61. The second kappa shape index (κ2) is 4.39. The van der Waals surface area contributed by atoms with E-state index in [1.807, 2.05) is 11.0 Å². The van der Waals surface area contributed by atoms with Gasteiger partial charge in [0.2, 0.25) is 5.89 Å². The van der Waals surface area contributed by atoms with Crippen LogP contribution in [0, 0.1) is 6.92 Å². The molecule has 0 saturated heterocycles. The summed E-state index contributed by atoms with van der Waals surface area (Å²) < 4.78 is 9.39. The highest BCUT2D eigenvalue weighted by Crippen LogP contribution is 2.32. The molecule has 0 fully saturated rings. The number of rotatable bonds is 1. The monoisotopic (exact) mass is 304 g/mol. The van der Waals surface area contributed by atoms with E-state index in [1.165, 1.54) is 5.56 Å². The summed E-state index contributed by atoms with van der Waals surface area (Å²) >= 11 is 0. The fraction of sp³-hybridized carbons (Fsp3) is 0.125. The summed E-state index contributed by atoms with van der Waals surface area (Å²) in [6, 6.07) is 6.26. The zero-order valence-corrected chi connectivity index (χ0v) is 12.3. The van der Waals surface area contributed by atoms with E-state index >= 15 is 0 Å². The predicted molar refractivity (Wildman–Crippen MR) is 81.5 cm³/mol. The largest absolute Gasteiger partial charge is 0.443 e. The number of oxazole rings is 1. The van der Waals surface area contributed by atoms with Crippen LogP contribution in [0.4, 0.5) is 0 Å². The molecule has 112 valence electrons. The van der Waals surface area contributed by atoms with E-state index in [9.17, 15) is 0 Å². The van der Waals surface area contributed by atoms with Crippen molar-refractivity contribution in [3.8, 4) is 23.0 Å². The van der Waals surface area contributed by atoms with Crippen molar-refractivity contribution < 1.29 is 4.42 Å². The first-order valence-electron chi connectivity index (χ1n) is 7.28. The van der Waals surface area contributed by atoms with Crippen molar-refractivity contribution in [3.63, 3.8) is 0 Å². The average Bonchev–Trinajstić information content (AvgIpc) is 3.27. The Morgan fingerprint density at radius 3 is 3.00 bits per heavy atom. The lowest BCUT2D eigenvalue weighted by Gasteiger charge is -2.10. The molecule has 7 heteroatoms. The standard InChI is InChI=1S/C16H12N6O/c1-10-2-3-12-13(6-10)22-11(8-19-20-22)7-14-15(18-9-21(12)14)16-17-4-5-23-16/h2-6,8-9H,7H2,1H3. The minimum atomic E-state index is 0.522. The van der Waals surface area contributed by atoms with Gasteiger partial charge in [-0.2, -0.15) is 0 Å². The van der Waals surface area contributed by atoms with Gasteiger partial charge in [-0.25, -0.2) is 14.6 Å². The first-order chi connectivity index (χ1) is 11.3. The van der Waals surface area contributed by atoms with Crippen molar-refractivity contribution in [3.05, 3.63) is 60.1 Å². The topological polar surface area (TPSA) is 74.6 Å². The summed E-state index contributed by atoms with van der Waals surface area (Å²) in [6.45, 7) is 2.06. The normalized spacial score (nSPS) is 12.4. The number of nitrogens with zero attached hydrogens (tertiary/aromatic N) is 6. The minimum Gasteiger partial charge on any atom is -0.443 e. The quantitative estimate of drug-likeness (QED) is 0.475. The minimum absolute atomic E-state index is 0.522. The molecule has 1 aliphatic rings. The third kappa shape index (κ3) is 1.70. The maximum absolute atomic E-state index is 5.44. The molecule has 4 aromatic rings. The third-order valence-electron chi connectivity index (χ3n) is 4.09. The smallest absolute Gasteiger partial charge is 0.246 e. The van der Waals surface area contributed by atoms with Crippen molar-refractivity contribution in [2.24, 2.45) is 0 Å². The molecule has 4 heterocycles. The van der Waals surface area contributed by atoms with E-state index in [1.54, 1.807) is 18.7 Å². The average molecular weight is 304 g/mol. The molecule has 0 N–H and O–H groups in total. The van der Waals surface area contributed by atoms with Gasteiger partial charge in [0.25, 0.3) is 0 Å². The van der Waals surface area contributed by atoms with Crippen LogP contribution >= 0.6 is 0 Å². The zero-order chi connectivity index (χ0) is 15.4. The first-order valence-corrected chi connectivity index (χ1v) is 7.28. The van der Waals surface area contributed by atoms with Crippen molar-refractivity contribution in [2.75, 3.05) is 0 Å². The van der Waals surface area contributed by atoms with Gasteiger partial charge in [0, 0.05) is 6.42 Å². The lowest BCUT2D eigenvalue weighted by Crippen LogP contribution is -2.03. The van der Waals surface area contributed by atoms with Crippen molar-refractivity contribution >= 4 is 0 Å². The van der Waals surface area contributed by atoms with Crippen LogP contribution in [0.1, 0.15) is 17.0 Å². The van der Waals surface area contributed by atoms with Crippen molar-refractivity contribution in [1.29, 1.82) is 0 Å². The number of fused-ring (bicyclic) bond motifs is 5. The van der Waals surface area contributed by atoms with Crippen LogP contribution in [0.2, 0.25) is 0 Å². The molecule has 5 rings (SSSR count). The summed E-state index contributed by atoms with van der Waals surface area (Å²) in [5.41, 5.74) is 5.94. The SMILES string of the molecule is Cc1ccc2c(c1)-n1nncc1Cc1c(-c3ncco3)ncn1-2. The lowest BCUT2D eigenvalue weighted by molar-refractivity contribution is 0.571. The fourth-order valence-corrected chi connectivity index (χ4v) is 3.03. The maximum atomic E-state index is 5.44. The second-order valence-corrected chi connectivity index (χ2v) is 5.55. The molecule has 0 amide bonds. The Bertz CT molecular complexity index is 1010. The van der Waals surface area contributed by atoms with E-state index < -0.39 is 0 Å². The van der Waals surface area contributed by atoms with Crippen molar-refractivity contribution in [2.45, 2.75) is 13.3 Å². The molecule has 1 aromatic carbocycles. The molecular weight excluding hydrogens is 292 g/mol. The molecule has 23 heavy (non-hydrogen) atoms. The molecule has 0 unspecified atom stereocenters. The molecule has 3 aromatic heterocycles. The van der Waals surface area contributed by atoms with Gasteiger partial charge in [-0.1, -0.05) is 11.3 Å². The second-order valence-electron chi connectivity index (χ2n) is 5.55. The predicted octanol–water partition coefficient (Wildman–Crippen LogP) is 2.32. The molecule has 0 radical (unpaired) electrons. The Hall–Kier alpha value is -3.22. The van der Waals surface area contributed by atoms with Gasteiger partial charge in [-0.05, 0) is 24.6 Å². The number of benzene rings is 1. The van der Waals surface area contributed by atoms with Crippen LogP contribution in [-0.4, -0.2) is 29.5 Å². The maximum Gasteiger partial charge on any atom is 0.246 e. The van der Waals surface area contributed by atoms with E-state index in [0.717, 1.165) is 28.5 Å². The third-order valence-corrected chi connectivity index (χ3v) is 4.09. The Kier molecular flexibility index (Phi) is 2.35. The molecule has 0 spiro atoms. The zero-order valence-electron chi connectivity index (χ0n) is 12.3. The van der Waals surface area contributed by atoms with Gasteiger partial charge >= 0.3 is 0 Å². The number of imidazole rings is 1. The van der Waals surface area contributed by atoms with E-state index in [0.29, 0.717) is 12.3 Å². The van der Waals surface area contributed by atoms with Gasteiger partial charge in [0.15, 0.2) is 0 Å². The Morgan fingerprint density at radius 2 is 2.13 bits per heavy atom. The first kappa shape index (κ1) is 12.3. The molecule has 1 aliphatic heterocycles. The highest BCUT2D eigenvalue weighted by Gasteiger charge is 2.25. The van der Waals surface area contributed by atoms with Crippen LogP contribution in [0.5, 0.6) is 0 Å². The summed E-state index contributed by atoms with van der Waals surface area (Å²) in [6.07, 6.45) is 7.43. The molecule has 0 aliphatic carbocycles. The molecule has 0 bridgehead atoms. The van der Waals surface area contributed by atoms with Crippen LogP contribution in [0.15, 0.2) is 47.6 Å². The van der Waals surface area contributed by atoms with E-state index in [-0.39, 0.29) is 0 Å². The van der Waals surface area contributed by atoms with Crippen LogP contribution in [0.3, 0.4) is 0 Å². The molecular formula is C16H12N6O.